The van der Waals surface area contributed by atoms with Crippen LogP contribution >= 0.6 is 7.88 Å². The summed E-state index contributed by atoms with van der Waals surface area (Å²) in [6.45, 7) is 0. The first-order valence-electron chi connectivity index (χ1n) is 4.70. The van der Waals surface area contributed by atoms with Crippen molar-refractivity contribution < 1.29 is 8.39 Å². The van der Waals surface area contributed by atoms with E-state index in [9.17, 15) is 8.39 Å². The van der Waals surface area contributed by atoms with Crippen LogP contribution in [0.5, 0.6) is 0 Å². The Balaban J connectivity index is 2.44. The number of halogens is 2. The van der Waals surface area contributed by atoms with Gasteiger partial charge in [0.1, 0.15) is 0 Å². The van der Waals surface area contributed by atoms with E-state index in [2.05, 4.69) is 0 Å². The Labute approximate surface area is 88.1 Å². The van der Waals surface area contributed by atoms with Crippen LogP contribution in [-0.4, -0.2) is 0 Å². The molecular formula is C12H11F2P. The Morgan fingerprint density at radius 2 is 0.933 bits per heavy atom. The molecule has 0 heterocycles. The van der Waals surface area contributed by atoms with Crippen LogP contribution in [0, 0.1) is 0 Å². The summed E-state index contributed by atoms with van der Waals surface area (Å²) in [5, 5.41) is 0.326. The molecule has 0 unspecified atom stereocenters. The minimum atomic E-state index is -4.46. The van der Waals surface area contributed by atoms with Gasteiger partial charge in [-0.3, -0.25) is 0 Å². The molecule has 78 valence electrons. The zero-order chi connectivity index (χ0) is 10.7. The fraction of sp³-hybridized carbons (Fsp3) is 0. The standard InChI is InChI=1S/C12H11F2P/c13-15(14,11-7-3-1-4-8-11)12-9-5-2-6-10-12/h1-10,15H. The van der Waals surface area contributed by atoms with E-state index < -0.39 is 7.88 Å². The van der Waals surface area contributed by atoms with Gasteiger partial charge < -0.3 is 0 Å². The average molecular weight is 224 g/mol. The van der Waals surface area contributed by atoms with Gasteiger partial charge in [0.15, 0.2) is 0 Å². The maximum absolute atomic E-state index is 14.0. The number of hydrogen-bond acceptors (Lipinski definition) is 0. The van der Waals surface area contributed by atoms with Gasteiger partial charge in [-0.05, 0) is 0 Å². The van der Waals surface area contributed by atoms with Gasteiger partial charge in [0.2, 0.25) is 0 Å². The summed E-state index contributed by atoms with van der Waals surface area (Å²) in [6, 6.07) is 16.1. The molecule has 0 aliphatic rings. The fourth-order valence-electron chi connectivity index (χ4n) is 1.46. The van der Waals surface area contributed by atoms with E-state index in [0.717, 1.165) is 0 Å². The first-order chi connectivity index (χ1) is 7.21. The van der Waals surface area contributed by atoms with Crippen LogP contribution in [-0.2, 0) is 0 Å². The summed E-state index contributed by atoms with van der Waals surface area (Å²) >= 11 is 0. The predicted octanol–water partition coefficient (Wildman–Crippen LogP) is 3.16. The van der Waals surface area contributed by atoms with Gasteiger partial charge in [-0.1, -0.05) is 0 Å². The van der Waals surface area contributed by atoms with Crippen LogP contribution in [0.15, 0.2) is 60.7 Å². The average Bonchev–Trinajstić information content (AvgIpc) is 2.31. The Hall–Kier alpha value is -1.27. The van der Waals surface area contributed by atoms with Gasteiger partial charge in [0.25, 0.3) is 0 Å². The van der Waals surface area contributed by atoms with Gasteiger partial charge in [0, 0.05) is 0 Å². The normalized spacial score (nSPS) is 12.4. The molecule has 0 saturated heterocycles. The molecule has 0 aliphatic carbocycles. The van der Waals surface area contributed by atoms with Crippen LogP contribution in [0.4, 0.5) is 8.39 Å². The minimum absolute atomic E-state index is 0.163. The quantitative estimate of drug-likeness (QED) is 0.687. The summed E-state index contributed by atoms with van der Waals surface area (Å²) in [7, 11) is -4.46. The van der Waals surface area contributed by atoms with Crippen molar-refractivity contribution in [3.63, 3.8) is 0 Å². The SMILES string of the molecule is F[PH](F)(c1ccccc1)c1ccccc1. The summed E-state index contributed by atoms with van der Waals surface area (Å²) in [5.41, 5.74) is 0. The van der Waals surface area contributed by atoms with Crippen LogP contribution in [0.25, 0.3) is 0 Å². The second-order valence-electron chi connectivity index (χ2n) is 3.31. The van der Waals surface area contributed by atoms with Crippen molar-refractivity contribution in [3.8, 4) is 0 Å². The molecule has 15 heavy (non-hydrogen) atoms. The van der Waals surface area contributed by atoms with E-state index in [0.29, 0.717) is 0 Å². The van der Waals surface area contributed by atoms with E-state index in [1.165, 1.54) is 24.3 Å². The molecule has 2 aromatic carbocycles. The fourth-order valence-corrected chi connectivity index (χ4v) is 3.02. The van der Waals surface area contributed by atoms with Crippen LogP contribution in [0.2, 0.25) is 0 Å². The van der Waals surface area contributed by atoms with Gasteiger partial charge in [-0.15, -0.1) is 0 Å². The van der Waals surface area contributed by atoms with Gasteiger partial charge in [-0.25, -0.2) is 0 Å². The van der Waals surface area contributed by atoms with Gasteiger partial charge >= 0.3 is 87.6 Å². The third-order valence-electron chi connectivity index (χ3n) is 2.27. The topological polar surface area (TPSA) is 0 Å². The number of rotatable bonds is 2. The second-order valence-corrected chi connectivity index (χ2v) is 5.61. The predicted molar refractivity (Wildman–Crippen MR) is 62.7 cm³/mol. The molecule has 0 atom stereocenters. The summed E-state index contributed by atoms with van der Waals surface area (Å²) < 4.78 is 28.1. The third-order valence-corrected chi connectivity index (χ3v) is 4.39. The number of benzene rings is 2. The van der Waals surface area contributed by atoms with E-state index in [4.69, 9.17) is 0 Å². The van der Waals surface area contributed by atoms with E-state index in [1.807, 2.05) is 0 Å². The van der Waals surface area contributed by atoms with E-state index in [-0.39, 0.29) is 10.6 Å². The Bertz CT molecular complexity index is 384. The first-order valence-corrected chi connectivity index (χ1v) is 6.46. The molecule has 2 rings (SSSR count). The third kappa shape index (κ3) is 2.05. The van der Waals surface area contributed by atoms with E-state index >= 15 is 0 Å². The van der Waals surface area contributed by atoms with Crippen molar-refractivity contribution in [2.75, 3.05) is 0 Å². The molecule has 0 nitrogen and oxygen atoms in total. The van der Waals surface area contributed by atoms with Crippen LogP contribution in [0.1, 0.15) is 0 Å². The van der Waals surface area contributed by atoms with Crippen molar-refractivity contribution >= 4 is 18.5 Å². The molecule has 0 amide bonds. The molecule has 2 aromatic rings. The molecule has 0 radical (unpaired) electrons. The zero-order valence-corrected chi connectivity index (χ0v) is 9.03. The Kier molecular flexibility index (Phi) is 2.79. The summed E-state index contributed by atoms with van der Waals surface area (Å²) in [4.78, 5) is 0. The Morgan fingerprint density at radius 3 is 1.27 bits per heavy atom. The molecule has 0 spiro atoms. The zero-order valence-electron chi connectivity index (χ0n) is 8.03. The van der Waals surface area contributed by atoms with Gasteiger partial charge in [0.05, 0.1) is 0 Å². The summed E-state index contributed by atoms with van der Waals surface area (Å²) in [6.07, 6.45) is 0. The molecule has 0 saturated carbocycles. The molecule has 0 aromatic heterocycles. The Morgan fingerprint density at radius 1 is 0.600 bits per heavy atom. The van der Waals surface area contributed by atoms with Crippen molar-refractivity contribution in [1.82, 2.24) is 0 Å². The molecule has 0 N–H and O–H groups in total. The van der Waals surface area contributed by atoms with Crippen molar-refractivity contribution in [1.29, 1.82) is 0 Å². The first kappa shape index (κ1) is 10.3. The summed E-state index contributed by atoms with van der Waals surface area (Å²) in [5.74, 6) is 0. The monoisotopic (exact) mass is 224 g/mol. The van der Waals surface area contributed by atoms with E-state index in [1.54, 1.807) is 36.4 Å². The maximum atomic E-state index is 14.0. The van der Waals surface area contributed by atoms with Crippen molar-refractivity contribution in [3.05, 3.63) is 60.7 Å². The van der Waals surface area contributed by atoms with Gasteiger partial charge in [-0.2, -0.15) is 0 Å². The molecular weight excluding hydrogens is 213 g/mol. The van der Waals surface area contributed by atoms with Crippen molar-refractivity contribution in [2.24, 2.45) is 0 Å². The van der Waals surface area contributed by atoms with Crippen LogP contribution < -0.4 is 10.6 Å². The molecule has 0 bridgehead atoms. The van der Waals surface area contributed by atoms with Crippen molar-refractivity contribution in [2.45, 2.75) is 0 Å². The van der Waals surface area contributed by atoms with Crippen LogP contribution in [0.3, 0.4) is 0 Å². The molecule has 3 heteroatoms. The number of hydrogen-bond donors (Lipinski definition) is 0. The molecule has 0 fully saturated rings. The second kappa shape index (κ2) is 4.08. The molecule has 0 aliphatic heterocycles.